The van der Waals surface area contributed by atoms with Crippen molar-refractivity contribution in [3.05, 3.63) is 53.7 Å². The third-order valence-corrected chi connectivity index (χ3v) is 11.8. The zero-order valence-corrected chi connectivity index (χ0v) is 28.5. The molecule has 1 aliphatic rings. The molecule has 6 heteroatoms. The molecule has 1 fully saturated rings. The average molecular weight is 753 g/mol. The van der Waals surface area contributed by atoms with Gasteiger partial charge in [0.2, 0.25) is 0 Å². The van der Waals surface area contributed by atoms with E-state index in [4.69, 9.17) is 0 Å². The Morgan fingerprint density at radius 3 is 1.36 bits per heavy atom. The van der Waals surface area contributed by atoms with Gasteiger partial charge in [0.05, 0.1) is 7.14 Å². The second-order valence-corrected chi connectivity index (χ2v) is 16.9. The first kappa shape index (κ1) is 30.7. The number of phenols is 2. The van der Waals surface area contributed by atoms with Gasteiger partial charge >= 0.3 is 0 Å². The van der Waals surface area contributed by atoms with E-state index in [0.717, 1.165) is 29.8 Å². The predicted molar refractivity (Wildman–Crippen MR) is 177 cm³/mol. The van der Waals surface area contributed by atoms with Crippen LogP contribution in [0.1, 0.15) is 102 Å². The zero-order chi connectivity index (χ0) is 26.7. The molecule has 0 saturated heterocycles. The smallest absolute Gasteiger partial charge is 0.132 e. The number of thioether (sulfide) groups is 2. The van der Waals surface area contributed by atoms with Gasteiger partial charge < -0.3 is 10.2 Å². The molecule has 2 nitrogen and oxygen atoms in total. The van der Waals surface area contributed by atoms with Gasteiger partial charge in [-0.05, 0) is 92.1 Å². The number of benzene rings is 2. The largest absolute Gasteiger partial charge is 0.507 e. The van der Waals surface area contributed by atoms with Crippen LogP contribution in [0.15, 0.2) is 24.3 Å². The maximum absolute atomic E-state index is 10.8. The summed E-state index contributed by atoms with van der Waals surface area (Å²) in [7, 11) is 0. The maximum atomic E-state index is 10.8. The van der Waals surface area contributed by atoms with E-state index in [0.29, 0.717) is 22.0 Å². The Balaban J connectivity index is 1.78. The minimum absolute atomic E-state index is 0.0623. The molecule has 3 rings (SSSR count). The molecule has 2 atom stereocenters. The Labute approximate surface area is 254 Å². The van der Waals surface area contributed by atoms with Gasteiger partial charge in [0, 0.05) is 33.1 Å². The molecule has 0 amide bonds. The number of hydrogen-bond donors (Lipinski definition) is 2. The Kier molecular flexibility index (Phi) is 11.1. The van der Waals surface area contributed by atoms with Crippen LogP contribution < -0.4 is 0 Å². The SMILES string of the molecule is CC(C)(C)c1cc(I)c(O)c(CSC2CCCCCCC2SCc2cc(C(C)(C)C)cc(I)c2O)c1. The lowest BCUT2D eigenvalue weighted by atomic mass is 9.86. The van der Waals surface area contributed by atoms with Crippen LogP contribution in [0.2, 0.25) is 0 Å². The van der Waals surface area contributed by atoms with Crippen molar-refractivity contribution >= 4 is 68.7 Å². The highest BCUT2D eigenvalue weighted by atomic mass is 127. The van der Waals surface area contributed by atoms with Crippen molar-refractivity contribution in [1.82, 2.24) is 0 Å². The molecular weight excluding hydrogens is 710 g/mol. The van der Waals surface area contributed by atoms with Crippen LogP contribution in [0.4, 0.5) is 0 Å². The molecule has 0 radical (unpaired) electrons. The Morgan fingerprint density at radius 2 is 1.03 bits per heavy atom. The molecule has 1 aliphatic carbocycles. The molecule has 0 heterocycles. The Hall–Kier alpha value is 0.200. The van der Waals surface area contributed by atoms with Crippen LogP contribution in [0.3, 0.4) is 0 Å². The Bertz CT molecular complexity index is 957. The summed E-state index contributed by atoms with van der Waals surface area (Å²) >= 11 is 8.59. The highest BCUT2D eigenvalue weighted by molar-refractivity contribution is 14.1. The summed E-state index contributed by atoms with van der Waals surface area (Å²) in [5, 5.41) is 22.8. The molecule has 2 unspecified atom stereocenters. The number of phenolic OH excluding ortho intramolecular Hbond substituents is 2. The molecular formula is C30H42I2O2S2. The lowest BCUT2D eigenvalue weighted by Crippen LogP contribution is -2.22. The standard InChI is InChI=1S/C30H42I2O2S2/c1-29(2,3)21-13-19(27(33)23(31)15-21)17-35-25-11-9-7-8-10-12-26(25)36-18-20-14-22(30(4,5)6)16-24(32)28(20)34/h13-16,25-26,33-34H,7-12,17-18H2,1-6H3. The molecule has 0 spiro atoms. The highest BCUT2D eigenvalue weighted by Gasteiger charge is 2.26. The summed E-state index contributed by atoms with van der Waals surface area (Å²) in [6.45, 7) is 13.4. The van der Waals surface area contributed by atoms with E-state index < -0.39 is 0 Å². The second kappa shape index (κ2) is 13.0. The zero-order valence-electron chi connectivity index (χ0n) is 22.6. The van der Waals surface area contributed by atoms with Crippen molar-refractivity contribution in [3.63, 3.8) is 0 Å². The lowest BCUT2D eigenvalue weighted by Gasteiger charge is -2.29. The minimum atomic E-state index is 0.0623. The number of hydrogen-bond acceptors (Lipinski definition) is 4. The quantitative estimate of drug-likeness (QED) is 0.289. The lowest BCUT2D eigenvalue weighted by molar-refractivity contribution is 0.464. The van der Waals surface area contributed by atoms with Crippen molar-refractivity contribution in [2.24, 2.45) is 0 Å². The van der Waals surface area contributed by atoms with Crippen molar-refractivity contribution in [2.45, 2.75) is 113 Å². The summed E-state index contributed by atoms with van der Waals surface area (Å²) in [6.07, 6.45) is 7.66. The molecule has 0 aliphatic heterocycles. The Morgan fingerprint density at radius 1 is 0.667 bits per heavy atom. The monoisotopic (exact) mass is 752 g/mol. The molecule has 2 aromatic rings. The summed E-state index contributed by atoms with van der Waals surface area (Å²) in [6, 6.07) is 8.68. The molecule has 2 aromatic carbocycles. The van der Waals surface area contributed by atoms with E-state index in [2.05, 4.69) is 111 Å². The fourth-order valence-corrected chi connectivity index (χ4v) is 9.02. The first-order valence-corrected chi connectivity index (χ1v) is 17.3. The van der Waals surface area contributed by atoms with E-state index in [-0.39, 0.29) is 10.8 Å². The van der Waals surface area contributed by atoms with Gasteiger partial charge in [-0.2, -0.15) is 23.5 Å². The van der Waals surface area contributed by atoms with E-state index >= 15 is 0 Å². The summed E-state index contributed by atoms with van der Waals surface area (Å²) in [5.41, 5.74) is 4.82. The average Bonchev–Trinajstić information content (AvgIpc) is 2.76. The van der Waals surface area contributed by atoms with Crippen LogP contribution >= 0.6 is 68.7 Å². The van der Waals surface area contributed by atoms with E-state index in [1.807, 2.05) is 23.5 Å². The van der Waals surface area contributed by atoms with Crippen LogP contribution in [0.5, 0.6) is 11.5 Å². The number of halogens is 2. The molecule has 2 N–H and O–H groups in total. The van der Waals surface area contributed by atoms with Gasteiger partial charge in [0.15, 0.2) is 0 Å². The highest BCUT2D eigenvalue weighted by Crippen LogP contribution is 2.41. The van der Waals surface area contributed by atoms with Crippen LogP contribution in [-0.2, 0) is 22.3 Å². The van der Waals surface area contributed by atoms with Crippen molar-refractivity contribution < 1.29 is 10.2 Å². The predicted octanol–water partition coefficient (Wildman–Crippen LogP) is 10.2. The van der Waals surface area contributed by atoms with Crippen LogP contribution in [0.25, 0.3) is 0 Å². The third-order valence-electron chi connectivity index (χ3n) is 7.06. The van der Waals surface area contributed by atoms with Crippen molar-refractivity contribution in [1.29, 1.82) is 0 Å². The van der Waals surface area contributed by atoms with Crippen LogP contribution in [-0.4, -0.2) is 20.7 Å². The van der Waals surface area contributed by atoms with Gasteiger partial charge in [0.25, 0.3) is 0 Å². The normalized spacial score (nSPS) is 19.7. The third kappa shape index (κ3) is 8.35. The van der Waals surface area contributed by atoms with E-state index in [1.165, 1.54) is 49.7 Å². The molecule has 0 bridgehead atoms. The van der Waals surface area contributed by atoms with Gasteiger partial charge in [-0.25, -0.2) is 0 Å². The van der Waals surface area contributed by atoms with Crippen molar-refractivity contribution in [2.75, 3.05) is 0 Å². The first-order chi connectivity index (χ1) is 16.8. The van der Waals surface area contributed by atoms with Crippen molar-refractivity contribution in [3.8, 4) is 11.5 Å². The first-order valence-electron chi connectivity index (χ1n) is 13.0. The topological polar surface area (TPSA) is 40.5 Å². The van der Waals surface area contributed by atoms with Gasteiger partial charge in [-0.3, -0.25) is 0 Å². The second-order valence-electron chi connectivity index (χ2n) is 12.1. The minimum Gasteiger partial charge on any atom is -0.507 e. The van der Waals surface area contributed by atoms with Gasteiger partial charge in [-0.15, -0.1) is 0 Å². The summed E-state index contributed by atoms with van der Waals surface area (Å²) in [4.78, 5) is 0. The maximum Gasteiger partial charge on any atom is 0.132 e. The van der Waals surface area contributed by atoms with Gasteiger partial charge in [0.1, 0.15) is 11.5 Å². The number of aromatic hydroxyl groups is 2. The van der Waals surface area contributed by atoms with E-state index in [9.17, 15) is 10.2 Å². The summed E-state index contributed by atoms with van der Waals surface area (Å²) in [5.74, 6) is 2.58. The molecule has 1 saturated carbocycles. The van der Waals surface area contributed by atoms with Crippen LogP contribution in [0, 0.1) is 7.14 Å². The fourth-order valence-electron chi connectivity index (χ4n) is 4.59. The molecule has 200 valence electrons. The van der Waals surface area contributed by atoms with Gasteiger partial charge in [-0.1, -0.05) is 79.4 Å². The summed E-state index contributed by atoms with van der Waals surface area (Å²) < 4.78 is 1.89. The van der Waals surface area contributed by atoms with E-state index in [1.54, 1.807) is 0 Å². The molecule has 0 aromatic heterocycles. The number of rotatable bonds is 6. The molecule has 36 heavy (non-hydrogen) atoms. The fraction of sp³-hybridized carbons (Fsp3) is 0.600.